The molecule has 0 aliphatic heterocycles. The Labute approximate surface area is 155 Å². The molecule has 3 aromatic rings. The standard InChI is InChI=1S/C20H17NO6/c1-24-18-9-3-2-8-16(18)19(22)21-17(12-14-6-4-10-25-14)20(23)27-13-15-7-5-11-26-15/h2-12H,13H2,1H3,(H,21,22). The van der Waals surface area contributed by atoms with E-state index in [4.69, 9.17) is 18.3 Å². The molecule has 1 N–H and O–H groups in total. The molecule has 0 bridgehead atoms. The van der Waals surface area contributed by atoms with Crippen LogP contribution in [0.5, 0.6) is 5.75 Å². The molecule has 0 radical (unpaired) electrons. The highest BCUT2D eigenvalue weighted by atomic mass is 16.5. The summed E-state index contributed by atoms with van der Waals surface area (Å²) >= 11 is 0. The largest absolute Gasteiger partial charge is 0.496 e. The van der Waals surface area contributed by atoms with Crippen LogP contribution in [0.2, 0.25) is 0 Å². The molecule has 2 heterocycles. The van der Waals surface area contributed by atoms with Crippen molar-refractivity contribution in [3.8, 4) is 5.75 Å². The second-order valence-electron chi connectivity index (χ2n) is 5.38. The maximum Gasteiger partial charge on any atom is 0.355 e. The molecule has 0 aliphatic rings. The van der Waals surface area contributed by atoms with Crippen molar-refractivity contribution in [3.05, 3.63) is 83.8 Å². The van der Waals surface area contributed by atoms with E-state index in [-0.39, 0.29) is 17.9 Å². The van der Waals surface area contributed by atoms with Gasteiger partial charge in [0.25, 0.3) is 5.91 Å². The highest BCUT2D eigenvalue weighted by molar-refractivity contribution is 6.04. The Hall–Kier alpha value is -3.74. The Morgan fingerprint density at radius 3 is 2.52 bits per heavy atom. The van der Waals surface area contributed by atoms with Crippen molar-refractivity contribution >= 4 is 18.0 Å². The average molecular weight is 367 g/mol. The van der Waals surface area contributed by atoms with Crippen LogP contribution in [0.1, 0.15) is 21.9 Å². The molecule has 0 unspecified atom stereocenters. The summed E-state index contributed by atoms with van der Waals surface area (Å²) in [5.74, 6) is 0.0135. The van der Waals surface area contributed by atoms with E-state index in [0.29, 0.717) is 17.3 Å². The number of furan rings is 2. The third-order valence-electron chi connectivity index (χ3n) is 3.58. The second-order valence-corrected chi connectivity index (χ2v) is 5.38. The van der Waals surface area contributed by atoms with Gasteiger partial charge in [-0.25, -0.2) is 4.79 Å². The predicted octanol–water partition coefficient (Wildman–Crippen LogP) is 3.40. The summed E-state index contributed by atoms with van der Waals surface area (Å²) in [4.78, 5) is 25.1. The van der Waals surface area contributed by atoms with Gasteiger partial charge in [-0.15, -0.1) is 0 Å². The summed E-state index contributed by atoms with van der Waals surface area (Å²) in [5.41, 5.74) is 0.205. The number of esters is 1. The summed E-state index contributed by atoms with van der Waals surface area (Å²) < 4.78 is 20.7. The number of hydrogen-bond acceptors (Lipinski definition) is 6. The van der Waals surface area contributed by atoms with Gasteiger partial charge in [-0.05, 0) is 36.4 Å². The zero-order chi connectivity index (χ0) is 19.1. The summed E-state index contributed by atoms with van der Waals surface area (Å²) in [7, 11) is 1.46. The molecule has 0 spiro atoms. The molecule has 0 aliphatic carbocycles. The first-order valence-electron chi connectivity index (χ1n) is 8.06. The maximum absolute atomic E-state index is 12.6. The van der Waals surface area contributed by atoms with Crippen molar-refractivity contribution in [1.29, 1.82) is 0 Å². The summed E-state index contributed by atoms with van der Waals surface area (Å²) in [6, 6.07) is 13.4. The molecule has 0 saturated carbocycles. The van der Waals surface area contributed by atoms with Gasteiger partial charge in [-0.3, -0.25) is 4.79 Å². The van der Waals surface area contributed by atoms with Gasteiger partial charge >= 0.3 is 5.97 Å². The van der Waals surface area contributed by atoms with E-state index < -0.39 is 11.9 Å². The lowest BCUT2D eigenvalue weighted by Gasteiger charge is -2.11. The number of benzene rings is 1. The fourth-order valence-corrected chi connectivity index (χ4v) is 2.29. The number of nitrogens with one attached hydrogen (secondary N) is 1. The lowest BCUT2D eigenvalue weighted by atomic mass is 10.2. The molecule has 3 rings (SSSR count). The van der Waals surface area contributed by atoms with Gasteiger partial charge in [0.2, 0.25) is 0 Å². The number of carbonyl (C=O) groups is 2. The van der Waals surface area contributed by atoms with Gasteiger partial charge < -0.3 is 23.6 Å². The normalized spacial score (nSPS) is 11.1. The molecule has 2 aromatic heterocycles. The van der Waals surface area contributed by atoms with Crippen LogP contribution in [-0.2, 0) is 16.1 Å². The highest BCUT2D eigenvalue weighted by Crippen LogP contribution is 2.18. The Morgan fingerprint density at radius 1 is 1.04 bits per heavy atom. The van der Waals surface area contributed by atoms with Gasteiger partial charge in [0.05, 0.1) is 25.2 Å². The third kappa shape index (κ3) is 4.66. The van der Waals surface area contributed by atoms with Crippen molar-refractivity contribution in [1.82, 2.24) is 5.32 Å². The van der Waals surface area contributed by atoms with E-state index in [1.165, 1.54) is 25.7 Å². The van der Waals surface area contributed by atoms with Crippen molar-refractivity contribution in [2.24, 2.45) is 0 Å². The summed E-state index contributed by atoms with van der Waals surface area (Å²) in [5, 5.41) is 2.55. The molecular weight excluding hydrogens is 350 g/mol. The number of ether oxygens (including phenoxy) is 2. The molecule has 0 atom stereocenters. The Bertz CT molecular complexity index is 925. The fourth-order valence-electron chi connectivity index (χ4n) is 2.29. The monoisotopic (exact) mass is 367 g/mol. The topological polar surface area (TPSA) is 90.9 Å². The molecule has 1 aromatic carbocycles. The van der Waals surface area contributed by atoms with Crippen LogP contribution in [0.25, 0.3) is 6.08 Å². The molecule has 0 fully saturated rings. The van der Waals surface area contributed by atoms with Crippen LogP contribution in [0, 0.1) is 0 Å². The summed E-state index contributed by atoms with van der Waals surface area (Å²) in [6.07, 6.45) is 4.32. The Kier molecular flexibility index (Phi) is 5.73. The highest BCUT2D eigenvalue weighted by Gasteiger charge is 2.19. The average Bonchev–Trinajstić information content (AvgIpc) is 3.39. The predicted molar refractivity (Wildman–Crippen MR) is 95.6 cm³/mol. The van der Waals surface area contributed by atoms with E-state index in [2.05, 4.69) is 5.32 Å². The number of amides is 1. The van der Waals surface area contributed by atoms with E-state index in [1.807, 2.05) is 0 Å². The number of methoxy groups -OCH3 is 1. The minimum absolute atomic E-state index is 0.0636. The van der Waals surface area contributed by atoms with E-state index in [0.717, 1.165) is 0 Å². The van der Waals surface area contributed by atoms with Crippen LogP contribution in [0.15, 0.2) is 75.6 Å². The van der Waals surface area contributed by atoms with Crippen LogP contribution < -0.4 is 10.1 Å². The number of carbonyl (C=O) groups excluding carboxylic acids is 2. The van der Waals surface area contributed by atoms with Crippen molar-refractivity contribution in [2.45, 2.75) is 6.61 Å². The minimum Gasteiger partial charge on any atom is -0.496 e. The molecule has 7 heteroatoms. The molecular formula is C20H17NO6. The van der Waals surface area contributed by atoms with Crippen molar-refractivity contribution < 1.29 is 27.9 Å². The fraction of sp³-hybridized carbons (Fsp3) is 0.100. The van der Waals surface area contributed by atoms with Crippen LogP contribution in [-0.4, -0.2) is 19.0 Å². The minimum atomic E-state index is -0.731. The van der Waals surface area contributed by atoms with Crippen molar-refractivity contribution in [2.75, 3.05) is 7.11 Å². The van der Waals surface area contributed by atoms with Gasteiger partial charge in [0.15, 0.2) is 0 Å². The first kappa shape index (κ1) is 18.1. The first-order valence-corrected chi connectivity index (χ1v) is 8.06. The van der Waals surface area contributed by atoms with E-state index in [9.17, 15) is 9.59 Å². The van der Waals surface area contributed by atoms with Gasteiger partial charge in [0, 0.05) is 6.08 Å². The quantitative estimate of drug-likeness (QED) is 0.508. The van der Waals surface area contributed by atoms with Crippen LogP contribution in [0.4, 0.5) is 0 Å². The van der Waals surface area contributed by atoms with E-state index >= 15 is 0 Å². The van der Waals surface area contributed by atoms with Crippen molar-refractivity contribution in [3.63, 3.8) is 0 Å². The van der Waals surface area contributed by atoms with Gasteiger partial charge in [-0.2, -0.15) is 0 Å². The first-order chi connectivity index (χ1) is 13.2. The lowest BCUT2D eigenvalue weighted by Crippen LogP contribution is -2.28. The second kappa shape index (κ2) is 8.57. The van der Waals surface area contributed by atoms with Crippen LogP contribution in [0.3, 0.4) is 0 Å². The third-order valence-corrected chi connectivity index (χ3v) is 3.58. The zero-order valence-corrected chi connectivity index (χ0v) is 14.5. The number of para-hydroxylation sites is 1. The maximum atomic E-state index is 12.6. The summed E-state index contributed by atoms with van der Waals surface area (Å²) in [6.45, 7) is -0.0636. The Morgan fingerprint density at radius 2 is 1.81 bits per heavy atom. The SMILES string of the molecule is COc1ccccc1C(=O)NC(=Cc1ccco1)C(=O)OCc1ccco1. The Balaban J connectivity index is 1.79. The number of hydrogen-bond donors (Lipinski definition) is 1. The smallest absolute Gasteiger partial charge is 0.355 e. The van der Waals surface area contributed by atoms with E-state index in [1.54, 1.807) is 48.5 Å². The van der Waals surface area contributed by atoms with Gasteiger partial charge in [0.1, 0.15) is 29.6 Å². The molecule has 27 heavy (non-hydrogen) atoms. The molecule has 0 saturated heterocycles. The molecule has 7 nitrogen and oxygen atoms in total. The van der Waals surface area contributed by atoms with Crippen LogP contribution >= 0.6 is 0 Å². The number of rotatable bonds is 7. The van der Waals surface area contributed by atoms with Gasteiger partial charge in [-0.1, -0.05) is 12.1 Å². The lowest BCUT2D eigenvalue weighted by molar-refractivity contribution is -0.141. The molecule has 1 amide bonds. The zero-order valence-electron chi connectivity index (χ0n) is 14.5. The molecule has 138 valence electrons.